The summed E-state index contributed by atoms with van der Waals surface area (Å²) in [6.45, 7) is 7.25. The molecule has 1 N–H and O–H groups in total. The number of ketones is 1. The molecule has 2 aromatic heterocycles. The van der Waals surface area contributed by atoms with E-state index >= 15 is 0 Å². The van der Waals surface area contributed by atoms with Crippen molar-refractivity contribution in [3.05, 3.63) is 102 Å². The van der Waals surface area contributed by atoms with Crippen molar-refractivity contribution in [3.63, 3.8) is 0 Å². The number of aromatic nitrogens is 1. The SMILES string of the molecule is CC(=O)/C=C(/C)O.CC(C)c1cc(-c2nccc3c2oc2c(F)cccc23)[c-]c2ccc3ccccc3c12.[Ir]. The summed E-state index contributed by atoms with van der Waals surface area (Å²) >= 11 is 0. The number of nitrogens with zero attached hydrogens (tertiary/aromatic N) is 1. The largest absolute Gasteiger partial charge is 0.512 e. The summed E-state index contributed by atoms with van der Waals surface area (Å²) in [6, 6.07) is 25.3. The number of fused-ring (bicyclic) bond motifs is 6. The molecule has 4 nitrogen and oxygen atoms in total. The topological polar surface area (TPSA) is 63.3 Å². The monoisotopic (exact) mass is 697 g/mol. The van der Waals surface area contributed by atoms with Gasteiger partial charge in [0.1, 0.15) is 5.58 Å². The van der Waals surface area contributed by atoms with Crippen LogP contribution in [0.15, 0.2) is 89.2 Å². The molecule has 199 valence electrons. The number of aliphatic hydroxyl groups excluding tert-OH is 1. The zero-order chi connectivity index (χ0) is 27.0. The van der Waals surface area contributed by atoms with Gasteiger partial charge in [0.05, 0.1) is 5.76 Å². The number of carbonyl (C=O) groups is 1. The van der Waals surface area contributed by atoms with Crippen molar-refractivity contribution >= 4 is 49.3 Å². The maximum atomic E-state index is 14.4. The molecule has 0 atom stereocenters. The molecule has 0 saturated heterocycles. The number of hydrogen-bond acceptors (Lipinski definition) is 4. The van der Waals surface area contributed by atoms with Crippen LogP contribution in [0, 0.1) is 11.9 Å². The molecule has 0 spiro atoms. The maximum Gasteiger partial charge on any atom is 0.170 e. The van der Waals surface area contributed by atoms with Gasteiger partial charge in [0, 0.05) is 48.8 Å². The number of allylic oxidation sites excluding steroid dienone is 2. The summed E-state index contributed by atoms with van der Waals surface area (Å²) in [5, 5.41) is 14.7. The quantitative estimate of drug-likeness (QED) is 0.0869. The zero-order valence-corrected chi connectivity index (χ0v) is 24.4. The number of halogens is 1. The number of aliphatic hydroxyl groups is 1. The molecule has 0 aliphatic heterocycles. The Kier molecular flexibility index (Phi) is 8.29. The van der Waals surface area contributed by atoms with Crippen LogP contribution in [0.3, 0.4) is 0 Å². The summed E-state index contributed by atoms with van der Waals surface area (Å²) in [7, 11) is 0. The first-order valence-electron chi connectivity index (χ1n) is 12.5. The van der Waals surface area contributed by atoms with Gasteiger partial charge in [-0.1, -0.05) is 67.3 Å². The van der Waals surface area contributed by atoms with Gasteiger partial charge in [0.2, 0.25) is 0 Å². The maximum absolute atomic E-state index is 14.4. The predicted molar refractivity (Wildman–Crippen MR) is 152 cm³/mol. The van der Waals surface area contributed by atoms with Crippen molar-refractivity contribution in [3.8, 4) is 11.3 Å². The average molecular weight is 697 g/mol. The fraction of sp³-hybridized carbons (Fsp3) is 0.152. The van der Waals surface area contributed by atoms with Crippen molar-refractivity contribution in [2.75, 3.05) is 0 Å². The third kappa shape index (κ3) is 5.49. The number of carbonyl (C=O) groups excluding carboxylic acids is 1. The second kappa shape index (κ2) is 11.5. The first kappa shape index (κ1) is 28.2. The molecule has 4 aromatic carbocycles. The molecular formula is C33H27FIrNO3-. The number of hydrogen-bond donors (Lipinski definition) is 1. The molecule has 0 amide bonds. The Balaban J connectivity index is 0.000000394. The Labute approximate surface area is 239 Å². The van der Waals surface area contributed by atoms with Gasteiger partial charge in [0.25, 0.3) is 0 Å². The van der Waals surface area contributed by atoms with Gasteiger partial charge in [-0.2, -0.15) is 0 Å². The summed E-state index contributed by atoms with van der Waals surface area (Å²) in [6.07, 6.45) is 2.92. The molecule has 0 bridgehead atoms. The zero-order valence-electron chi connectivity index (χ0n) is 22.0. The summed E-state index contributed by atoms with van der Waals surface area (Å²) < 4.78 is 20.4. The third-order valence-corrected chi connectivity index (χ3v) is 6.44. The number of benzene rings is 4. The minimum atomic E-state index is -0.364. The Bertz CT molecular complexity index is 1870. The Morgan fingerprint density at radius 2 is 1.69 bits per heavy atom. The summed E-state index contributed by atoms with van der Waals surface area (Å²) in [4.78, 5) is 14.6. The molecule has 0 fully saturated rings. The van der Waals surface area contributed by atoms with Crippen molar-refractivity contribution < 1.29 is 38.8 Å². The van der Waals surface area contributed by atoms with E-state index in [-0.39, 0.29) is 43.0 Å². The molecular weight excluding hydrogens is 670 g/mol. The van der Waals surface area contributed by atoms with E-state index in [4.69, 9.17) is 9.52 Å². The van der Waals surface area contributed by atoms with Gasteiger partial charge in [0.15, 0.2) is 17.2 Å². The second-order valence-corrected chi connectivity index (χ2v) is 9.65. The minimum absolute atomic E-state index is 0. The summed E-state index contributed by atoms with van der Waals surface area (Å²) in [5.41, 5.74) is 3.64. The number of rotatable bonds is 3. The standard InChI is InChI=1S/C28H19FNO.C5H8O2.Ir/c1-16(2)23-15-19(14-18-11-10-17-6-3-4-7-20(17)25(18)23)26-28-22(12-13-30-26)21-8-5-9-24(29)27(21)31-28;1-4(6)3-5(2)7;/h3-13,15-16H,1-2H3;3,6H,1-2H3;/q-1;;/b;4-3-;. The van der Waals surface area contributed by atoms with Gasteiger partial charge >= 0.3 is 0 Å². The smallest absolute Gasteiger partial charge is 0.170 e. The van der Waals surface area contributed by atoms with Crippen LogP contribution in [0.4, 0.5) is 4.39 Å². The van der Waals surface area contributed by atoms with E-state index in [2.05, 4.69) is 67.4 Å². The minimum Gasteiger partial charge on any atom is -0.512 e. The fourth-order valence-corrected chi connectivity index (χ4v) is 4.85. The normalized spacial score (nSPS) is 11.6. The van der Waals surface area contributed by atoms with Crippen molar-refractivity contribution in [2.24, 2.45) is 0 Å². The molecule has 2 heterocycles. The number of pyridine rings is 1. The van der Waals surface area contributed by atoms with E-state index in [1.165, 1.54) is 47.7 Å². The molecule has 39 heavy (non-hydrogen) atoms. The Hall–Kier alpha value is -3.86. The molecule has 0 saturated carbocycles. The molecule has 1 radical (unpaired) electrons. The van der Waals surface area contributed by atoms with Crippen molar-refractivity contribution in [2.45, 2.75) is 33.6 Å². The van der Waals surface area contributed by atoms with Crippen LogP contribution in [0.25, 0.3) is 54.7 Å². The van der Waals surface area contributed by atoms with E-state index in [0.29, 0.717) is 17.2 Å². The fourth-order valence-electron chi connectivity index (χ4n) is 4.85. The van der Waals surface area contributed by atoms with E-state index in [0.717, 1.165) is 21.7 Å². The van der Waals surface area contributed by atoms with Crippen molar-refractivity contribution in [1.29, 1.82) is 0 Å². The first-order valence-corrected chi connectivity index (χ1v) is 12.5. The van der Waals surface area contributed by atoms with Crippen LogP contribution in [0.1, 0.15) is 39.2 Å². The molecule has 0 aliphatic rings. The number of para-hydroxylation sites is 1. The van der Waals surface area contributed by atoms with E-state index in [9.17, 15) is 9.18 Å². The van der Waals surface area contributed by atoms with Gasteiger partial charge in [-0.15, -0.1) is 29.1 Å². The van der Waals surface area contributed by atoms with Crippen LogP contribution in [-0.2, 0) is 24.9 Å². The van der Waals surface area contributed by atoms with E-state index < -0.39 is 0 Å². The van der Waals surface area contributed by atoms with Crippen LogP contribution in [-0.4, -0.2) is 15.9 Å². The van der Waals surface area contributed by atoms with Crippen LogP contribution < -0.4 is 0 Å². The Morgan fingerprint density at radius 1 is 0.974 bits per heavy atom. The summed E-state index contributed by atoms with van der Waals surface area (Å²) in [5.74, 6) is -0.113. The van der Waals surface area contributed by atoms with Crippen molar-refractivity contribution in [1.82, 2.24) is 4.98 Å². The molecule has 6 aromatic rings. The molecule has 6 rings (SSSR count). The average Bonchev–Trinajstić information content (AvgIpc) is 3.28. The second-order valence-electron chi connectivity index (χ2n) is 9.65. The van der Waals surface area contributed by atoms with Crippen LogP contribution in [0.2, 0.25) is 0 Å². The van der Waals surface area contributed by atoms with Gasteiger partial charge in [-0.05, 0) is 42.7 Å². The van der Waals surface area contributed by atoms with Gasteiger partial charge < -0.3 is 9.52 Å². The van der Waals surface area contributed by atoms with Crippen LogP contribution in [0.5, 0.6) is 0 Å². The molecule has 6 heteroatoms. The third-order valence-electron chi connectivity index (χ3n) is 6.44. The predicted octanol–water partition coefficient (Wildman–Crippen LogP) is 9.05. The first-order chi connectivity index (χ1) is 18.2. The number of furan rings is 1. The molecule has 0 unspecified atom stereocenters. The Morgan fingerprint density at radius 3 is 2.38 bits per heavy atom. The molecule has 0 aliphatic carbocycles. The van der Waals surface area contributed by atoms with E-state index in [1.807, 2.05) is 12.1 Å². The van der Waals surface area contributed by atoms with Gasteiger partial charge in [-0.3, -0.25) is 9.78 Å². The van der Waals surface area contributed by atoms with E-state index in [1.54, 1.807) is 12.3 Å². The van der Waals surface area contributed by atoms with Crippen LogP contribution >= 0.6 is 0 Å². The van der Waals surface area contributed by atoms with Gasteiger partial charge in [-0.25, -0.2) is 4.39 Å².